The number of anilines is 1. The van der Waals surface area contributed by atoms with Crippen molar-refractivity contribution in [3.05, 3.63) is 64.2 Å². The average molecular weight is 336 g/mol. The normalized spacial score (nSPS) is 10.8. The Morgan fingerprint density at radius 3 is 2.52 bits per heavy atom. The van der Waals surface area contributed by atoms with Crippen LogP contribution in [0.15, 0.2) is 53.4 Å². The van der Waals surface area contributed by atoms with Gasteiger partial charge in [0.2, 0.25) is 0 Å². The van der Waals surface area contributed by atoms with Gasteiger partial charge in [-0.2, -0.15) is 0 Å². The highest BCUT2D eigenvalue weighted by Gasteiger charge is 2.18. The van der Waals surface area contributed by atoms with E-state index in [9.17, 15) is 23.3 Å². The number of methoxy groups -OCH3 is 1. The minimum atomic E-state index is -4.00. The van der Waals surface area contributed by atoms with E-state index in [2.05, 4.69) is 9.46 Å². The van der Waals surface area contributed by atoms with Crippen LogP contribution in [-0.4, -0.2) is 26.4 Å². The molecule has 0 fully saturated rings. The Labute approximate surface area is 131 Å². The standard InChI is InChI=1S/C14H12N2O6S/c1-22-14(17)10-4-2-7-13(8-10)23(20,21)15-11-5-3-6-12(9-11)16(18)19/h2-9,15H,1H3. The third-order valence-corrected chi connectivity index (χ3v) is 4.25. The summed E-state index contributed by atoms with van der Waals surface area (Å²) in [6, 6.07) is 10.4. The molecule has 1 N–H and O–H groups in total. The topological polar surface area (TPSA) is 116 Å². The third-order valence-electron chi connectivity index (χ3n) is 2.87. The predicted octanol–water partition coefficient (Wildman–Crippen LogP) is 2.18. The maximum absolute atomic E-state index is 12.3. The van der Waals surface area contributed by atoms with Gasteiger partial charge in [0, 0.05) is 12.1 Å². The molecule has 2 aromatic rings. The number of esters is 1. The number of nitrogens with zero attached hydrogens (tertiary/aromatic N) is 1. The molecule has 0 heterocycles. The van der Waals surface area contributed by atoms with Gasteiger partial charge in [0.15, 0.2) is 0 Å². The molecule has 0 saturated carbocycles. The highest BCUT2D eigenvalue weighted by Crippen LogP contribution is 2.21. The fourth-order valence-corrected chi connectivity index (χ4v) is 2.90. The summed E-state index contributed by atoms with van der Waals surface area (Å²) in [4.78, 5) is 21.4. The van der Waals surface area contributed by atoms with E-state index in [1.165, 1.54) is 43.5 Å². The summed E-state index contributed by atoms with van der Waals surface area (Å²) < 4.78 is 31.4. The van der Waals surface area contributed by atoms with Crippen LogP contribution < -0.4 is 4.72 Å². The number of ether oxygens (including phenoxy) is 1. The molecule has 2 rings (SSSR count). The van der Waals surface area contributed by atoms with E-state index in [0.717, 1.165) is 12.1 Å². The molecular weight excluding hydrogens is 324 g/mol. The SMILES string of the molecule is COC(=O)c1cccc(S(=O)(=O)Nc2cccc([N+](=O)[O-])c2)c1. The molecule has 0 atom stereocenters. The number of nitrogens with one attached hydrogen (secondary N) is 1. The maximum Gasteiger partial charge on any atom is 0.337 e. The highest BCUT2D eigenvalue weighted by molar-refractivity contribution is 7.92. The Bertz CT molecular complexity index is 863. The van der Waals surface area contributed by atoms with Crippen LogP contribution in [0.1, 0.15) is 10.4 Å². The smallest absolute Gasteiger partial charge is 0.337 e. The van der Waals surface area contributed by atoms with Gasteiger partial charge in [0.05, 0.1) is 28.2 Å². The molecule has 0 amide bonds. The maximum atomic E-state index is 12.3. The van der Waals surface area contributed by atoms with E-state index in [0.29, 0.717) is 0 Å². The van der Waals surface area contributed by atoms with Crippen LogP contribution in [-0.2, 0) is 14.8 Å². The molecule has 0 saturated heterocycles. The zero-order chi connectivity index (χ0) is 17.0. The van der Waals surface area contributed by atoms with Gasteiger partial charge in [-0.15, -0.1) is 0 Å². The van der Waals surface area contributed by atoms with Crippen LogP contribution in [0, 0.1) is 10.1 Å². The summed E-state index contributed by atoms with van der Waals surface area (Å²) in [6.45, 7) is 0. The molecule has 2 aromatic carbocycles. The second kappa shape index (κ2) is 6.44. The number of benzene rings is 2. The minimum absolute atomic E-state index is 0.0441. The summed E-state index contributed by atoms with van der Waals surface area (Å²) in [5.74, 6) is -0.669. The van der Waals surface area contributed by atoms with Crippen molar-refractivity contribution in [2.75, 3.05) is 11.8 Å². The Kier molecular flexibility index (Phi) is 4.60. The number of nitro benzene ring substituents is 1. The lowest BCUT2D eigenvalue weighted by Crippen LogP contribution is -2.14. The third kappa shape index (κ3) is 3.83. The van der Waals surface area contributed by atoms with Crippen LogP contribution >= 0.6 is 0 Å². The van der Waals surface area contributed by atoms with E-state index >= 15 is 0 Å². The number of carbonyl (C=O) groups is 1. The van der Waals surface area contributed by atoms with Gasteiger partial charge in [0.1, 0.15) is 0 Å². The zero-order valence-electron chi connectivity index (χ0n) is 11.9. The summed E-state index contributed by atoms with van der Waals surface area (Å²) in [6.07, 6.45) is 0. The number of hydrogen-bond donors (Lipinski definition) is 1. The Hall–Kier alpha value is -2.94. The molecular formula is C14H12N2O6S. The molecule has 9 heteroatoms. The molecule has 0 radical (unpaired) electrons. The van der Waals surface area contributed by atoms with Crippen molar-refractivity contribution < 1.29 is 22.9 Å². The fraction of sp³-hybridized carbons (Fsp3) is 0.0714. The second-order valence-corrected chi connectivity index (χ2v) is 6.11. The monoisotopic (exact) mass is 336 g/mol. The largest absolute Gasteiger partial charge is 0.465 e. The van der Waals surface area contributed by atoms with Crippen molar-refractivity contribution >= 4 is 27.4 Å². The van der Waals surface area contributed by atoms with Crippen molar-refractivity contribution in [1.29, 1.82) is 0 Å². The van der Waals surface area contributed by atoms with Gasteiger partial charge in [-0.05, 0) is 24.3 Å². The van der Waals surface area contributed by atoms with Crippen LogP contribution in [0.3, 0.4) is 0 Å². The molecule has 0 aliphatic carbocycles. The number of rotatable bonds is 5. The van der Waals surface area contributed by atoms with Crippen LogP contribution in [0.25, 0.3) is 0 Å². The fourth-order valence-electron chi connectivity index (χ4n) is 1.81. The average Bonchev–Trinajstić information content (AvgIpc) is 2.54. The lowest BCUT2D eigenvalue weighted by atomic mass is 10.2. The Morgan fingerprint density at radius 2 is 1.87 bits per heavy atom. The molecule has 8 nitrogen and oxygen atoms in total. The number of nitro groups is 1. The second-order valence-electron chi connectivity index (χ2n) is 4.43. The lowest BCUT2D eigenvalue weighted by Gasteiger charge is -2.09. The molecule has 0 unspecified atom stereocenters. The molecule has 0 aliphatic heterocycles. The molecule has 0 aromatic heterocycles. The van der Waals surface area contributed by atoms with E-state index in [1.54, 1.807) is 0 Å². The summed E-state index contributed by atoms with van der Waals surface area (Å²) in [5, 5.41) is 10.7. The quantitative estimate of drug-likeness (QED) is 0.508. The van der Waals surface area contributed by atoms with Gasteiger partial charge in [-0.25, -0.2) is 13.2 Å². The first-order chi connectivity index (χ1) is 10.8. The van der Waals surface area contributed by atoms with Crippen molar-refractivity contribution in [3.63, 3.8) is 0 Å². The lowest BCUT2D eigenvalue weighted by molar-refractivity contribution is -0.384. The molecule has 23 heavy (non-hydrogen) atoms. The van der Waals surface area contributed by atoms with Crippen LogP contribution in [0.5, 0.6) is 0 Å². The first kappa shape index (κ1) is 16.4. The minimum Gasteiger partial charge on any atom is -0.465 e. The summed E-state index contributed by atoms with van der Waals surface area (Å²) >= 11 is 0. The van der Waals surface area contributed by atoms with Gasteiger partial charge < -0.3 is 4.74 Å². The first-order valence-electron chi connectivity index (χ1n) is 6.29. The Morgan fingerprint density at radius 1 is 1.17 bits per heavy atom. The van der Waals surface area contributed by atoms with E-state index < -0.39 is 20.9 Å². The van der Waals surface area contributed by atoms with Crippen molar-refractivity contribution in [1.82, 2.24) is 0 Å². The number of carbonyl (C=O) groups excluding carboxylic acids is 1. The Balaban J connectivity index is 2.34. The molecule has 120 valence electrons. The molecule has 0 aliphatic rings. The van der Waals surface area contributed by atoms with E-state index in [1.807, 2.05) is 0 Å². The summed E-state index contributed by atoms with van der Waals surface area (Å²) in [5.41, 5.74) is -0.120. The van der Waals surface area contributed by atoms with Gasteiger partial charge in [-0.3, -0.25) is 14.8 Å². The molecule has 0 spiro atoms. The van der Waals surface area contributed by atoms with Crippen LogP contribution in [0.2, 0.25) is 0 Å². The van der Waals surface area contributed by atoms with E-state index in [4.69, 9.17) is 0 Å². The van der Waals surface area contributed by atoms with Crippen molar-refractivity contribution in [3.8, 4) is 0 Å². The number of non-ortho nitro benzene ring substituents is 1. The number of hydrogen-bond acceptors (Lipinski definition) is 6. The predicted molar refractivity (Wildman–Crippen MR) is 81.7 cm³/mol. The first-order valence-corrected chi connectivity index (χ1v) is 7.77. The van der Waals surface area contributed by atoms with Gasteiger partial charge >= 0.3 is 5.97 Å². The van der Waals surface area contributed by atoms with E-state index in [-0.39, 0.29) is 21.8 Å². The zero-order valence-corrected chi connectivity index (χ0v) is 12.7. The van der Waals surface area contributed by atoms with Crippen LogP contribution in [0.4, 0.5) is 11.4 Å². The van der Waals surface area contributed by atoms with Gasteiger partial charge in [0.25, 0.3) is 15.7 Å². The highest BCUT2D eigenvalue weighted by atomic mass is 32.2. The number of sulfonamides is 1. The van der Waals surface area contributed by atoms with Gasteiger partial charge in [-0.1, -0.05) is 12.1 Å². The van der Waals surface area contributed by atoms with Crippen molar-refractivity contribution in [2.45, 2.75) is 4.90 Å². The molecule has 0 bridgehead atoms. The van der Waals surface area contributed by atoms with Crippen molar-refractivity contribution in [2.24, 2.45) is 0 Å². The summed E-state index contributed by atoms with van der Waals surface area (Å²) in [7, 11) is -2.82.